The lowest BCUT2D eigenvalue weighted by atomic mass is 10.0. The van der Waals surface area contributed by atoms with Gasteiger partial charge in [-0.1, -0.05) is 26.0 Å². The van der Waals surface area contributed by atoms with E-state index >= 15 is 0 Å². The quantitative estimate of drug-likeness (QED) is 0.863. The first-order valence-electron chi connectivity index (χ1n) is 6.86. The number of benzene rings is 1. The molecule has 0 bridgehead atoms. The molecule has 4 heteroatoms. The molecule has 0 amide bonds. The molecule has 2 aromatic rings. The van der Waals surface area contributed by atoms with Gasteiger partial charge in [0.1, 0.15) is 5.75 Å². The number of aromatic nitrogens is 1. The lowest BCUT2D eigenvalue weighted by Gasteiger charge is -2.10. The molecule has 0 radical (unpaired) electrons. The van der Waals surface area contributed by atoms with Crippen LogP contribution in [-0.2, 0) is 0 Å². The van der Waals surface area contributed by atoms with Gasteiger partial charge >= 0.3 is 0 Å². The highest BCUT2D eigenvalue weighted by Crippen LogP contribution is 2.26. The summed E-state index contributed by atoms with van der Waals surface area (Å²) in [7, 11) is 0. The minimum absolute atomic E-state index is 0.107. The first-order chi connectivity index (χ1) is 10.0. The minimum atomic E-state index is -0.344. The number of nitrogens with zero attached hydrogens (tertiary/aromatic N) is 1. The number of ether oxygens (including phenoxy) is 1. The van der Waals surface area contributed by atoms with E-state index in [-0.39, 0.29) is 11.2 Å². The Kier molecular flexibility index (Phi) is 4.44. The average molecular weight is 282 g/mol. The van der Waals surface area contributed by atoms with Crippen molar-refractivity contribution in [3.05, 3.63) is 57.8 Å². The van der Waals surface area contributed by atoms with Crippen molar-refractivity contribution in [3.63, 3.8) is 0 Å². The van der Waals surface area contributed by atoms with Crippen LogP contribution in [-0.4, -0.2) is 11.6 Å². The SMILES string of the molecule is [C-]#[N+]c1cc(-c2ccc(OCC(C)C)cc2)c(C)[nH]c1=O. The van der Waals surface area contributed by atoms with E-state index in [2.05, 4.69) is 23.7 Å². The van der Waals surface area contributed by atoms with Gasteiger partial charge in [-0.3, -0.25) is 4.79 Å². The minimum Gasteiger partial charge on any atom is -0.493 e. The summed E-state index contributed by atoms with van der Waals surface area (Å²) < 4.78 is 5.65. The molecular formula is C17H18N2O2. The second-order valence-corrected chi connectivity index (χ2v) is 5.36. The Labute approximate surface area is 124 Å². The van der Waals surface area contributed by atoms with E-state index in [1.54, 1.807) is 6.07 Å². The molecule has 1 heterocycles. The van der Waals surface area contributed by atoms with Gasteiger partial charge in [-0.05, 0) is 42.2 Å². The maximum Gasteiger partial charge on any atom is 0.254 e. The Bertz CT molecular complexity index is 722. The maximum atomic E-state index is 11.6. The fourth-order valence-corrected chi connectivity index (χ4v) is 1.99. The van der Waals surface area contributed by atoms with Crippen LogP contribution in [0.1, 0.15) is 19.5 Å². The van der Waals surface area contributed by atoms with E-state index in [0.29, 0.717) is 12.5 Å². The van der Waals surface area contributed by atoms with E-state index in [1.807, 2.05) is 31.2 Å². The molecule has 4 nitrogen and oxygen atoms in total. The lowest BCUT2D eigenvalue weighted by molar-refractivity contribution is 0.271. The van der Waals surface area contributed by atoms with Crippen molar-refractivity contribution in [1.29, 1.82) is 0 Å². The normalized spacial score (nSPS) is 10.4. The zero-order valence-electron chi connectivity index (χ0n) is 12.4. The van der Waals surface area contributed by atoms with Crippen LogP contribution >= 0.6 is 0 Å². The van der Waals surface area contributed by atoms with Crippen LogP contribution in [0.25, 0.3) is 16.0 Å². The van der Waals surface area contributed by atoms with Gasteiger partial charge in [0.25, 0.3) is 11.2 Å². The van der Waals surface area contributed by atoms with Gasteiger partial charge in [0, 0.05) is 5.69 Å². The van der Waals surface area contributed by atoms with Gasteiger partial charge in [0.05, 0.1) is 13.2 Å². The Morgan fingerprint density at radius 1 is 1.29 bits per heavy atom. The number of hydrogen-bond donors (Lipinski definition) is 1. The van der Waals surface area contributed by atoms with Gasteiger partial charge < -0.3 is 9.72 Å². The summed E-state index contributed by atoms with van der Waals surface area (Å²) in [6.45, 7) is 13.7. The molecule has 1 N–H and O–H groups in total. The summed E-state index contributed by atoms with van der Waals surface area (Å²) in [5, 5.41) is 0. The molecule has 0 unspecified atom stereocenters. The Balaban J connectivity index is 2.31. The zero-order valence-corrected chi connectivity index (χ0v) is 12.4. The van der Waals surface area contributed by atoms with Crippen molar-refractivity contribution in [3.8, 4) is 16.9 Å². The molecule has 0 saturated carbocycles. The molecule has 0 atom stereocenters. The van der Waals surface area contributed by atoms with Gasteiger partial charge in [0.2, 0.25) is 0 Å². The van der Waals surface area contributed by atoms with Crippen LogP contribution in [0, 0.1) is 19.4 Å². The van der Waals surface area contributed by atoms with Gasteiger partial charge in [-0.2, -0.15) is 0 Å². The van der Waals surface area contributed by atoms with Crippen molar-refractivity contribution >= 4 is 5.69 Å². The molecule has 0 fully saturated rings. The van der Waals surface area contributed by atoms with Crippen molar-refractivity contribution in [2.24, 2.45) is 5.92 Å². The number of nitrogens with one attached hydrogen (secondary N) is 1. The summed E-state index contributed by atoms with van der Waals surface area (Å²) in [6.07, 6.45) is 0. The smallest absolute Gasteiger partial charge is 0.254 e. The third kappa shape index (κ3) is 3.51. The van der Waals surface area contributed by atoms with E-state index in [4.69, 9.17) is 11.3 Å². The summed E-state index contributed by atoms with van der Waals surface area (Å²) in [6, 6.07) is 9.30. The highest BCUT2D eigenvalue weighted by atomic mass is 16.5. The number of aromatic amines is 1. The van der Waals surface area contributed by atoms with Crippen LogP contribution in [0.2, 0.25) is 0 Å². The summed E-state index contributed by atoms with van der Waals surface area (Å²) in [5.74, 6) is 1.30. The van der Waals surface area contributed by atoms with E-state index < -0.39 is 0 Å². The number of hydrogen-bond acceptors (Lipinski definition) is 2. The molecule has 0 aliphatic rings. The topological polar surface area (TPSA) is 46.5 Å². The number of aryl methyl sites for hydroxylation is 1. The van der Waals surface area contributed by atoms with E-state index in [9.17, 15) is 4.79 Å². The number of pyridine rings is 1. The van der Waals surface area contributed by atoms with E-state index in [0.717, 1.165) is 22.6 Å². The molecular weight excluding hydrogens is 264 g/mol. The number of H-pyrrole nitrogens is 1. The van der Waals surface area contributed by atoms with Gasteiger partial charge in [-0.15, -0.1) is 0 Å². The maximum absolute atomic E-state index is 11.6. The molecule has 21 heavy (non-hydrogen) atoms. The third-order valence-corrected chi connectivity index (χ3v) is 3.09. The van der Waals surface area contributed by atoms with E-state index in [1.165, 1.54) is 0 Å². The third-order valence-electron chi connectivity index (χ3n) is 3.09. The van der Waals surface area contributed by atoms with Crippen molar-refractivity contribution < 1.29 is 4.74 Å². The molecule has 1 aromatic carbocycles. The fourth-order valence-electron chi connectivity index (χ4n) is 1.99. The van der Waals surface area contributed by atoms with Crippen LogP contribution in [0.4, 0.5) is 5.69 Å². The molecule has 0 saturated heterocycles. The second-order valence-electron chi connectivity index (χ2n) is 5.36. The predicted octanol–water partition coefficient (Wildman–Crippen LogP) is 3.94. The average Bonchev–Trinajstić information content (AvgIpc) is 2.46. The van der Waals surface area contributed by atoms with Crippen LogP contribution in [0.15, 0.2) is 35.1 Å². The lowest BCUT2D eigenvalue weighted by Crippen LogP contribution is -2.07. The Morgan fingerprint density at radius 3 is 2.52 bits per heavy atom. The van der Waals surface area contributed by atoms with Crippen LogP contribution in [0.5, 0.6) is 5.75 Å². The van der Waals surface area contributed by atoms with Crippen molar-refractivity contribution in [1.82, 2.24) is 4.98 Å². The first kappa shape index (κ1) is 14.9. The molecule has 2 rings (SSSR count). The Hall–Kier alpha value is -2.54. The summed E-state index contributed by atoms with van der Waals surface area (Å²) in [4.78, 5) is 17.5. The number of rotatable bonds is 4. The second kappa shape index (κ2) is 6.27. The molecule has 1 aromatic heterocycles. The molecule has 0 spiro atoms. The largest absolute Gasteiger partial charge is 0.493 e. The molecule has 0 aliphatic carbocycles. The van der Waals surface area contributed by atoms with Crippen LogP contribution in [0.3, 0.4) is 0 Å². The zero-order chi connectivity index (χ0) is 15.4. The highest BCUT2D eigenvalue weighted by Gasteiger charge is 2.08. The van der Waals surface area contributed by atoms with Gasteiger partial charge in [0.15, 0.2) is 0 Å². The highest BCUT2D eigenvalue weighted by molar-refractivity contribution is 5.70. The standard InChI is InChI=1S/C17H18N2O2/c1-11(2)10-21-14-7-5-13(6-8-14)15-9-16(18-4)17(20)19-12(15)3/h5-9,11H,10H2,1-3H3,(H,19,20). The monoisotopic (exact) mass is 282 g/mol. The first-order valence-corrected chi connectivity index (χ1v) is 6.86. The molecule has 108 valence electrons. The summed E-state index contributed by atoms with van der Waals surface area (Å²) in [5.41, 5.74) is 2.32. The summed E-state index contributed by atoms with van der Waals surface area (Å²) >= 11 is 0. The van der Waals surface area contributed by atoms with Gasteiger partial charge in [-0.25, -0.2) is 4.85 Å². The van der Waals surface area contributed by atoms with Crippen molar-refractivity contribution in [2.45, 2.75) is 20.8 Å². The Morgan fingerprint density at radius 2 is 1.95 bits per heavy atom. The predicted molar refractivity (Wildman–Crippen MR) is 83.8 cm³/mol. The molecule has 0 aliphatic heterocycles. The fraction of sp³-hybridized carbons (Fsp3) is 0.294. The van der Waals surface area contributed by atoms with Crippen LogP contribution < -0.4 is 10.3 Å². The van der Waals surface area contributed by atoms with Crippen molar-refractivity contribution in [2.75, 3.05) is 6.61 Å².